The highest BCUT2D eigenvalue weighted by Gasteiger charge is 2.25. The van der Waals surface area contributed by atoms with Crippen LogP contribution in [0.2, 0.25) is 0 Å². The lowest BCUT2D eigenvalue weighted by atomic mass is 10.6. The molecule has 28 N–H and O–H groups in total. The van der Waals surface area contributed by atoms with Crippen molar-refractivity contribution >= 4 is 35.7 Å². The molecule has 0 saturated heterocycles. The molecule has 40 heteroatoms. The van der Waals surface area contributed by atoms with E-state index in [9.17, 15) is 20.2 Å². The summed E-state index contributed by atoms with van der Waals surface area (Å²) in [6.07, 6.45) is 0. The third-order valence-corrected chi connectivity index (χ3v) is 4.41. The van der Waals surface area contributed by atoms with Crippen LogP contribution in [0.4, 0.5) is 35.7 Å². The van der Waals surface area contributed by atoms with Gasteiger partial charge in [0.15, 0.2) is 0 Å². The van der Waals surface area contributed by atoms with Crippen molar-refractivity contribution in [2.24, 2.45) is 0 Å². The van der Waals surface area contributed by atoms with Crippen molar-refractivity contribution in [3.63, 3.8) is 0 Å². The first-order valence-electron chi connectivity index (χ1n) is 10.9. The standard InChI is InChI=1S/2C4H8N10.2CHN6O2.4H2O/c2*5-3-11-9-1(13(3)7)2-10-12-4(6)14(2)8;2*8-7(9)4-1-2-5-6-3-1;;;;/h7-8H2,(H2,5,11)(H2,6,12);7-8H2,(H4,5,6,9,10,11,12);2*(H-,2,3,4,5,6);4*1H2/q;;2*-1;;;;/p+2. The average Bonchev–Trinajstić information content (AvgIpc) is 3.87. The molecule has 0 aliphatic carbocycles. The van der Waals surface area contributed by atoms with Crippen molar-refractivity contribution in [2.75, 3.05) is 46.3 Å². The van der Waals surface area contributed by atoms with Crippen LogP contribution >= 0.6 is 0 Å². The predicted molar refractivity (Wildman–Crippen MR) is 157 cm³/mol. The maximum atomic E-state index is 9.58. The number of nitrogens with zero attached hydrogens (tertiary/aromatic N) is 20. The highest BCUT2D eigenvalue weighted by molar-refractivity contribution is 5.49. The van der Waals surface area contributed by atoms with Crippen LogP contribution in [0.25, 0.3) is 34.1 Å². The van der Waals surface area contributed by atoms with Gasteiger partial charge in [0.05, 0.1) is 0 Å². The number of nitrogens with two attached hydrogens (primary N) is 8. The number of hydrogen-bond donors (Lipinski definition) is 12. The minimum Gasteiger partial charge on any atom is -0.412 e. The fourth-order valence-corrected chi connectivity index (χ4v) is 2.45. The lowest BCUT2D eigenvalue weighted by Gasteiger charge is -1.99. The number of aromatic amines is 4. The molecule has 0 atom stereocenters. The molecule has 6 aromatic rings. The van der Waals surface area contributed by atoms with Crippen molar-refractivity contribution in [1.29, 1.82) is 0 Å². The van der Waals surface area contributed by atoms with Gasteiger partial charge in [-0.1, -0.05) is 10.9 Å². The van der Waals surface area contributed by atoms with E-state index in [1.807, 2.05) is 10.4 Å². The van der Waals surface area contributed by atoms with Crippen LogP contribution in [0, 0.1) is 20.2 Å². The summed E-state index contributed by atoms with van der Waals surface area (Å²) in [6.45, 7) is 0. The minimum atomic E-state index is -0.898. The molecular formula is C10H28N32O8. The predicted octanol–water partition coefficient (Wildman–Crippen LogP) is -11.4. The van der Waals surface area contributed by atoms with Gasteiger partial charge in [-0.25, -0.2) is 39.8 Å². The number of hydrogen-bond acceptors (Lipinski definition) is 24. The smallest absolute Gasteiger partial charge is 0.396 e. The summed E-state index contributed by atoms with van der Waals surface area (Å²) < 4.78 is 4.31. The van der Waals surface area contributed by atoms with E-state index < -0.39 is 10.1 Å². The fourth-order valence-electron chi connectivity index (χ4n) is 2.45. The van der Waals surface area contributed by atoms with Crippen molar-refractivity contribution < 1.29 is 41.3 Å². The Hall–Kier alpha value is -8.66. The van der Waals surface area contributed by atoms with Crippen LogP contribution in [0.1, 0.15) is 0 Å². The largest absolute Gasteiger partial charge is 0.412 e. The summed E-state index contributed by atoms with van der Waals surface area (Å²) in [6, 6.07) is 0. The van der Waals surface area contributed by atoms with Gasteiger partial charge in [-0.05, 0) is 0 Å². The van der Waals surface area contributed by atoms with E-state index in [0.717, 1.165) is 18.7 Å². The van der Waals surface area contributed by atoms with Gasteiger partial charge in [-0.2, -0.15) is 0 Å². The topological polar surface area (TPSA) is 684 Å². The number of H-pyrrole nitrogens is 4. The Morgan fingerprint density at radius 1 is 0.600 bits per heavy atom. The quantitative estimate of drug-likeness (QED) is 0.0328. The Bertz CT molecular complexity index is 1630. The molecular weight excluding hydrogens is 696 g/mol. The van der Waals surface area contributed by atoms with E-state index >= 15 is 0 Å². The van der Waals surface area contributed by atoms with Gasteiger partial charge in [0.2, 0.25) is 23.5 Å². The van der Waals surface area contributed by atoms with Gasteiger partial charge in [0.25, 0.3) is 0 Å². The zero-order valence-corrected chi connectivity index (χ0v) is 24.2. The minimum absolute atomic E-state index is 0. The van der Waals surface area contributed by atoms with Gasteiger partial charge >= 0.3 is 23.5 Å². The Morgan fingerprint density at radius 2 is 0.940 bits per heavy atom. The summed E-state index contributed by atoms with van der Waals surface area (Å²) in [7, 11) is 0. The van der Waals surface area contributed by atoms with Crippen molar-refractivity contribution in [3.8, 4) is 23.3 Å². The number of nitrogens with one attached hydrogen (secondary N) is 4. The van der Waals surface area contributed by atoms with Gasteiger partial charge in [0.1, 0.15) is 22.0 Å². The van der Waals surface area contributed by atoms with Crippen LogP contribution < -0.4 is 55.7 Å². The van der Waals surface area contributed by atoms with E-state index in [0.29, 0.717) is 11.6 Å². The molecule has 0 aliphatic rings. The molecule has 6 aromatic heterocycles. The molecule has 40 nitrogen and oxygen atoms in total. The molecule has 0 spiro atoms. The lowest BCUT2D eigenvalue weighted by Crippen LogP contribution is -2.53. The summed E-state index contributed by atoms with van der Waals surface area (Å²) in [4.78, 5) is 19.2. The summed E-state index contributed by atoms with van der Waals surface area (Å²) in [5.74, 6) is 23.0. The molecule has 6 rings (SSSR count). The first kappa shape index (κ1) is 43.5. The molecule has 0 radical (unpaired) electrons. The molecule has 6 heterocycles. The van der Waals surface area contributed by atoms with Crippen LogP contribution in [0.3, 0.4) is 0 Å². The maximum Gasteiger partial charge on any atom is 0.396 e. The first-order chi connectivity index (χ1) is 21.8. The van der Waals surface area contributed by atoms with E-state index in [-0.39, 0.29) is 69.2 Å². The number of anilines is 4. The van der Waals surface area contributed by atoms with Gasteiger partial charge in [-0.3, -0.25) is 32.3 Å². The Kier molecular flexibility index (Phi) is 16.5. The van der Waals surface area contributed by atoms with Gasteiger partial charge in [0, 0.05) is 10.2 Å². The average molecular weight is 725 g/mol. The molecule has 0 aromatic carbocycles. The molecule has 0 amide bonds. The second-order valence-corrected chi connectivity index (χ2v) is 7.20. The molecule has 0 fully saturated rings. The van der Waals surface area contributed by atoms with Crippen molar-refractivity contribution in [2.45, 2.75) is 0 Å². The van der Waals surface area contributed by atoms with E-state index in [1.165, 1.54) is 0 Å². The Balaban J connectivity index is 0. The highest BCUT2D eigenvalue weighted by Crippen LogP contribution is 2.14. The number of rotatable bonds is 6. The lowest BCUT2D eigenvalue weighted by molar-refractivity contribution is -0.643. The normalized spacial score (nSPS) is 9.12. The number of nitro groups is 2. The monoisotopic (exact) mass is 724 g/mol. The molecule has 276 valence electrons. The summed E-state index contributed by atoms with van der Waals surface area (Å²) in [5.41, 5.74) is 27.0. The number of aromatic nitrogens is 20. The zero-order chi connectivity index (χ0) is 34.0. The fraction of sp³-hybridized carbons (Fsp3) is 0. The van der Waals surface area contributed by atoms with Gasteiger partial charge < -0.3 is 56.5 Å². The second-order valence-electron chi connectivity index (χ2n) is 7.20. The highest BCUT2D eigenvalue weighted by atomic mass is 16.7. The van der Waals surface area contributed by atoms with E-state index in [2.05, 4.69) is 82.5 Å². The summed E-state index contributed by atoms with van der Waals surface area (Å²) >= 11 is 0. The Morgan fingerprint density at radius 3 is 1.14 bits per heavy atom. The molecule has 0 bridgehead atoms. The number of tetrazole rings is 2. The molecule has 0 saturated carbocycles. The van der Waals surface area contributed by atoms with Crippen LogP contribution in [0.5, 0.6) is 0 Å². The van der Waals surface area contributed by atoms with Crippen molar-refractivity contribution in [3.05, 3.63) is 31.1 Å². The molecule has 0 unspecified atom stereocenters. The maximum absolute atomic E-state index is 9.58. The third kappa shape index (κ3) is 10.8. The van der Waals surface area contributed by atoms with Crippen LogP contribution in [-0.2, 0) is 0 Å². The van der Waals surface area contributed by atoms with E-state index in [1.54, 1.807) is 0 Å². The van der Waals surface area contributed by atoms with Crippen molar-refractivity contribution in [1.82, 2.24) is 91.4 Å². The zero-order valence-electron chi connectivity index (χ0n) is 24.2. The SMILES string of the molecule is Nc1n[nH]c(-c2[nH]nc(N)[n+]2N)[n+]1N.Nc1nnc(-c2nnc(N)n2N)n1N.O.O.O.O.O=[N+]([O-])[N-]c1nn[nH]n1.O=[N+]([O-])[N-]c1nn[nH]n1. The second kappa shape index (κ2) is 19.0. The molecule has 0 aliphatic heterocycles. The summed E-state index contributed by atoms with van der Waals surface area (Å²) in [5, 5.41) is 67.2. The molecule has 50 heavy (non-hydrogen) atoms. The number of nitrogen functional groups attached to an aromatic ring is 8. The van der Waals surface area contributed by atoms with E-state index in [4.69, 9.17) is 46.3 Å². The first-order valence-corrected chi connectivity index (χ1v) is 10.9. The van der Waals surface area contributed by atoms with Crippen LogP contribution in [0.15, 0.2) is 0 Å². The van der Waals surface area contributed by atoms with Crippen LogP contribution in [-0.4, -0.2) is 123 Å². The Labute approximate surface area is 269 Å². The van der Waals surface area contributed by atoms with Gasteiger partial charge in [-0.15, -0.1) is 50.4 Å². The third-order valence-electron chi connectivity index (χ3n) is 4.41.